The molecule has 35 heavy (non-hydrogen) atoms. The molecule has 0 fully saturated rings. The maximum atomic E-state index is 13.6. The second-order valence-corrected chi connectivity index (χ2v) is 11.4. The lowest BCUT2D eigenvalue weighted by Crippen LogP contribution is -2.53. The van der Waals surface area contributed by atoms with E-state index in [1.165, 1.54) is 4.90 Å². The van der Waals surface area contributed by atoms with E-state index >= 15 is 0 Å². The first kappa shape index (κ1) is 28.7. The van der Waals surface area contributed by atoms with Gasteiger partial charge >= 0.3 is 0 Å². The van der Waals surface area contributed by atoms with Crippen LogP contribution in [0.15, 0.2) is 48.5 Å². The van der Waals surface area contributed by atoms with Gasteiger partial charge in [0.2, 0.25) is 21.8 Å². The molecule has 0 aliphatic carbocycles. The topological polar surface area (TPSA) is 86.8 Å². The van der Waals surface area contributed by atoms with E-state index in [4.69, 9.17) is 11.6 Å². The molecule has 0 bridgehead atoms. The molecule has 0 heterocycles. The molecule has 0 radical (unpaired) electrons. The van der Waals surface area contributed by atoms with Gasteiger partial charge in [-0.2, -0.15) is 0 Å². The van der Waals surface area contributed by atoms with Crippen LogP contribution in [0.2, 0.25) is 5.02 Å². The Balaban J connectivity index is 2.39. The molecule has 0 aromatic heterocycles. The van der Waals surface area contributed by atoms with Crippen LogP contribution < -0.4 is 9.62 Å². The Bertz CT molecular complexity index is 1110. The zero-order chi connectivity index (χ0) is 26.2. The number of benzene rings is 2. The van der Waals surface area contributed by atoms with E-state index in [1.54, 1.807) is 25.1 Å². The van der Waals surface area contributed by atoms with Gasteiger partial charge in [0, 0.05) is 18.1 Å². The number of carbonyl (C=O) groups is 2. The molecule has 192 valence electrons. The van der Waals surface area contributed by atoms with Crippen molar-refractivity contribution in [1.29, 1.82) is 0 Å². The molecule has 0 aliphatic rings. The number of nitrogens with one attached hydrogen (secondary N) is 1. The van der Waals surface area contributed by atoms with Crippen LogP contribution in [0.1, 0.15) is 38.3 Å². The van der Waals surface area contributed by atoms with E-state index in [9.17, 15) is 18.0 Å². The molecular formula is C26H36ClN3O4S. The predicted molar refractivity (Wildman–Crippen MR) is 142 cm³/mol. The van der Waals surface area contributed by atoms with Crippen molar-refractivity contribution in [1.82, 2.24) is 10.2 Å². The third-order valence-corrected chi connectivity index (χ3v) is 7.28. The van der Waals surface area contributed by atoms with Gasteiger partial charge in [0.1, 0.15) is 12.6 Å². The summed E-state index contributed by atoms with van der Waals surface area (Å²) < 4.78 is 26.5. The van der Waals surface area contributed by atoms with Gasteiger partial charge in [0.05, 0.1) is 11.9 Å². The van der Waals surface area contributed by atoms with Gasteiger partial charge in [0.25, 0.3) is 0 Å². The van der Waals surface area contributed by atoms with E-state index in [1.807, 2.05) is 51.1 Å². The molecule has 2 aromatic carbocycles. The summed E-state index contributed by atoms with van der Waals surface area (Å²) in [5, 5.41) is 3.32. The van der Waals surface area contributed by atoms with Crippen molar-refractivity contribution in [2.75, 3.05) is 30.2 Å². The van der Waals surface area contributed by atoms with Gasteiger partial charge in [-0.1, -0.05) is 68.8 Å². The first-order chi connectivity index (χ1) is 16.5. The first-order valence-electron chi connectivity index (χ1n) is 11.8. The molecule has 2 aromatic rings. The predicted octanol–water partition coefficient (Wildman–Crippen LogP) is 4.04. The monoisotopic (exact) mass is 521 g/mol. The summed E-state index contributed by atoms with van der Waals surface area (Å²) in [7, 11) is -3.80. The second kappa shape index (κ2) is 12.9. The number of nitrogens with zero attached hydrogens (tertiary/aromatic N) is 2. The lowest BCUT2D eigenvalue weighted by Gasteiger charge is -2.33. The molecule has 2 amide bonds. The maximum Gasteiger partial charge on any atom is 0.244 e. The summed E-state index contributed by atoms with van der Waals surface area (Å²) >= 11 is 6.23. The average Bonchev–Trinajstić information content (AvgIpc) is 2.80. The van der Waals surface area contributed by atoms with Crippen LogP contribution in [0.3, 0.4) is 0 Å². The van der Waals surface area contributed by atoms with Crippen LogP contribution in [0.25, 0.3) is 0 Å². The van der Waals surface area contributed by atoms with Crippen LogP contribution in [-0.4, -0.2) is 57.1 Å². The number of anilines is 1. The molecular weight excluding hydrogens is 486 g/mol. The molecule has 0 saturated carbocycles. The van der Waals surface area contributed by atoms with Crippen molar-refractivity contribution in [3.63, 3.8) is 0 Å². The Labute approximate surface area is 214 Å². The van der Waals surface area contributed by atoms with Crippen molar-refractivity contribution in [3.05, 3.63) is 64.7 Å². The van der Waals surface area contributed by atoms with Gasteiger partial charge in [-0.25, -0.2) is 8.42 Å². The molecule has 1 atom stereocenters. The SMILES string of the molecule is CC[C@@H](C(=O)NCC(C)C)N(CCc1ccccc1)C(=O)CN(c1cccc(Cl)c1C)S(C)(=O)=O. The summed E-state index contributed by atoms with van der Waals surface area (Å²) in [5.41, 5.74) is 1.92. The van der Waals surface area contributed by atoms with E-state index in [0.29, 0.717) is 35.7 Å². The number of halogens is 1. The van der Waals surface area contributed by atoms with Gasteiger partial charge < -0.3 is 10.2 Å². The molecule has 0 saturated heterocycles. The largest absolute Gasteiger partial charge is 0.354 e. The fourth-order valence-corrected chi connectivity index (χ4v) is 4.85. The highest BCUT2D eigenvalue weighted by Crippen LogP contribution is 2.28. The summed E-state index contributed by atoms with van der Waals surface area (Å²) in [6.45, 7) is 7.89. The Morgan fingerprint density at radius 2 is 1.71 bits per heavy atom. The smallest absolute Gasteiger partial charge is 0.244 e. The molecule has 0 spiro atoms. The normalized spacial score (nSPS) is 12.3. The minimum atomic E-state index is -3.80. The Kier molecular flexibility index (Phi) is 10.6. The van der Waals surface area contributed by atoms with Gasteiger partial charge in [-0.3, -0.25) is 13.9 Å². The van der Waals surface area contributed by atoms with Crippen molar-refractivity contribution in [2.24, 2.45) is 5.92 Å². The highest BCUT2D eigenvalue weighted by Gasteiger charge is 2.32. The standard InChI is InChI=1S/C26H36ClN3O4S/c1-6-23(26(32)28-17-19(2)3)29(16-15-21-11-8-7-9-12-21)25(31)18-30(35(5,33)34)24-14-10-13-22(27)20(24)4/h7-14,19,23H,6,15-18H2,1-5H3,(H,28,32)/t23-/m0/s1. The van der Waals surface area contributed by atoms with Gasteiger partial charge in [0.15, 0.2) is 0 Å². The fraction of sp³-hybridized carbons (Fsp3) is 0.462. The zero-order valence-electron chi connectivity index (χ0n) is 21.1. The van der Waals surface area contributed by atoms with E-state index in [0.717, 1.165) is 16.1 Å². The summed E-state index contributed by atoms with van der Waals surface area (Å²) in [4.78, 5) is 28.2. The quantitative estimate of drug-likeness (QED) is 0.456. The lowest BCUT2D eigenvalue weighted by atomic mass is 10.1. The number of carbonyl (C=O) groups excluding carboxylic acids is 2. The number of amides is 2. The van der Waals surface area contributed by atoms with Crippen LogP contribution >= 0.6 is 11.6 Å². The number of rotatable bonds is 12. The number of sulfonamides is 1. The first-order valence-corrected chi connectivity index (χ1v) is 14.0. The molecule has 7 nitrogen and oxygen atoms in total. The van der Waals surface area contributed by atoms with Crippen LogP contribution in [0, 0.1) is 12.8 Å². The van der Waals surface area contributed by atoms with Gasteiger partial charge in [-0.05, 0) is 48.9 Å². The number of hydrogen-bond acceptors (Lipinski definition) is 4. The summed E-state index contributed by atoms with van der Waals surface area (Å²) in [6.07, 6.45) is 2.00. The van der Waals surface area contributed by atoms with E-state index < -0.39 is 28.5 Å². The van der Waals surface area contributed by atoms with Crippen molar-refractivity contribution >= 4 is 39.1 Å². The van der Waals surface area contributed by atoms with Crippen LogP contribution in [0.4, 0.5) is 5.69 Å². The van der Waals surface area contributed by atoms with Crippen LogP contribution in [0.5, 0.6) is 0 Å². The molecule has 9 heteroatoms. The minimum Gasteiger partial charge on any atom is -0.354 e. The van der Waals surface area contributed by atoms with Crippen molar-refractivity contribution in [3.8, 4) is 0 Å². The van der Waals surface area contributed by atoms with Crippen LogP contribution in [-0.2, 0) is 26.0 Å². The zero-order valence-corrected chi connectivity index (χ0v) is 22.7. The van der Waals surface area contributed by atoms with Crippen molar-refractivity contribution in [2.45, 2.75) is 46.6 Å². The lowest BCUT2D eigenvalue weighted by molar-refractivity contribution is -0.139. The second-order valence-electron chi connectivity index (χ2n) is 9.04. The van der Waals surface area contributed by atoms with Gasteiger partial charge in [-0.15, -0.1) is 0 Å². The highest BCUT2D eigenvalue weighted by molar-refractivity contribution is 7.92. The molecule has 0 aliphatic heterocycles. The summed E-state index contributed by atoms with van der Waals surface area (Å²) in [6, 6.07) is 13.9. The Hall–Kier alpha value is -2.58. The summed E-state index contributed by atoms with van der Waals surface area (Å²) in [5.74, 6) is -0.429. The molecule has 1 N–H and O–H groups in total. The van der Waals surface area contributed by atoms with Crippen molar-refractivity contribution < 1.29 is 18.0 Å². The maximum absolute atomic E-state index is 13.6. The molecule has 0 unspecified atom stereocenters. The van der Waals surface area contributed by atoms with E-state index in [2.05, 4.69) is 5.32 Å². The van der Waals surface area contributed by atoms with E-state index in [-0.39, 0.29) is 18.4 Å². The third kappa shape index (κ3) is 8.25. The fourth-order valence-electron chi connectivity index (χ4n) is 3.78. The highest BCUT2D eigenvalue weighted by atomic mass is 35.5. The Morgan fingerprint density at radius 3 is 2.29 bits per heavy atom. The Morgan fingerprint density at radius 1 is 1.06 bits per heavy atom. The third-order valence-electron chi connectivity index (χ3n) is 5.74. The molecule has 2 rings (SSSR count). The minimum absolute atomic E-state index is 0.243. The average molecular weight is 522 g/mol. The number of hydrogen-bond donors (Lipinski definition) is 1.